The normalized spacial score (nSPS) is 24.1. The largest absolute Gasteiger partial charge is 0.352 e. The monoisotopic (exact) mass is 391 g/mol. The summed E-state index contributed by atoms with van der Waals surface area (Å²) in [5.41, 5.74) is 1.86. The van der Waals surface area contributed by atoms with Crippen LogP contribution in [0.2, 0.25) is 0 Å². The molecule has 7 nitrogen and oxygen atoms in total. The summed E-state index contributed by atoms with van der Waals surface area (Å²) in [6.45, 7) is 2.71. The lowest BCUT2D eigenvalue weighted by atomic mass is 9.85. The Hall–Kier alpha value is -3.14. The zero-order valence-electron chi connectivity index (χ0n) is 16.5. The summed E-state index contributed by atoms with van der Waals surface area (Å²) in [6.07, 6.45) is 13.6. The van der Waals surface area contributed by atoms with E-state index in [9.17, 15) is 9.59 Å². The molecule has 0 radical (unpaired) electrons. The van der Waals surface area contributed by atoms with E-state index in [4.69, 9.17) is 5.26 Å². The zero-order valence-corrected chi connectivity index (χ0v) is 16.5. The van der Waals surface area contributed by atoms with E-state index in [1.165, 1.54) is 23.9 Å². The molecule has 150 valence electrons. The first-order chi connectivity index (χ1) is 14.1. The highest BCUT2D eigenvalue weighted by atomic mass is 16.2. The summed E-state index contributed by atoms with van der Waals surface area (Å²) in [4.78, 5) is 29.7. The van der Waals surface area contributed by atoms with Crippen molar-refractivity contribution < 1.29 is 4.79 Å². The maximum atomic E-state index is 12.9. The average Bonchev–Trinajstić information content (AvgIpc) is 3.08. The van der Waals surface area contributed by atoms with Gasteiger partial charge in [0.15, 0.2) is 0 Å². The molecule has 3 aliphatic rings. The first-order valence-electron chi connectivity index (χ1n) is 10.2. The van der Waals surface area contributed by atoms with Gasteiger partial charge in [-0.05, 0) is 36.7 Å². The van der Waals surface area contributed by atoms with Crippen molar-refractivity contribution in [2.45, 2.75) is 39.0 Å². The standard InChI is InChI=1S/C22H25N5O2/c1-14-9-20(24-12-18(14)21(28)25-11-16-3-2-4-16)27-22(29)19(13-26-27)17-7-5-15(10-23)6-8-17/h5,7-8,12-16,26H,2-4,6,9,11H2,1H3,(H,25,28). The van der Waals surface area contributed by atoms with Crippen LogP contribution in [0.15, 0.2) is 46.0 Å². The fraction of sp³-hybridized carbons (Fsp3) is 0.455. The fourth-order valence-corrected chi connectivity index (χ4v) is 3.86. The predicted octanol–water partition coefficient (Wildman–Crippen LogP) is 2.75. The van der Waals surface area contributed by atoms with Crippen molar-refractivity contribution in [3.05, 3.63) is 52.1 Å². The molecule has 1 fully saturated rings. The number of aromatic amines is 1. The number of rotatable bonds is 4. The van der Waals surface area contributed by atoms with Crippen molar-refractivity contribution >= 4 is 17.3 Å². The van der Waals surface area contributed by atoms with Gasteiger partial charge in [-0.3, -0.25) is 14.7 Å². The van der Waals surface area contributed by atoms with Crippen LogP contribution in [0.3, 0.4) is 0 Å². The van der Waals surface area contributed by atoms with Gasteiger partial charge in [0.25, 0.3) is 5.56 Å². The Labute approximate surface area is 169 Å². The predicted molar refractivity (Wildman–Crippen MR) is 111 cm³/mol. The van der Waals surface area contributed by atoms with Crippen LogP contribution in [0.1, 0.15) is 44.6 Å². The number of aliphatic imine (C=N–C) groups is 1. The molecule has 2 N–H and O–H groups in total. The molecule has 0 bridgehead atoms. The Bertz CT molecular complexity index is 1030. The van der Waals surface area contributed by atoms with Gasteiger partial charge in [0.2, 0.25) is 5.91 Å². The molecule has 1 aromatic rings. The Morgan fingerprint density at radius 3 is 2.90 bits per heavy atom. The van der Waals surface area contributed by atoms with E-state index in [0.29, 0.717) is 35.7 Å². The van der Waals surface area contributed by atoms with E-state index in [0.717, 1.165) is 12.1 Å². The van der Waals surface area contributed by atoms with Gasteiger partial charge in [0.1, 0.15) is 5.84 Å². The molecule has 0 aromatic carbocycles. The molecule has 2 heterocycles. The number of H-pyrrole nitrogens is 1. The molecular formula is C22H25N5O2. The molecule has 1 saturated carbocycles. The first kappa shape index (κ1) is 19.2. The zero-order chi connectivity index (χ0) is 20.4. The van der Waals surface area contributed by atoms with Gasteiger partial charge in [-0.25, -0.2) is 9.67 Å². The number of carbonyl (C=O) groups excluding carboxylic acids is 1. The highest BCUT2D eigenvalue weighted by Crippen LogP contribution is 2.26. The molecule has 4 rings (SSSR count). The number of carbonyl (C=O) groups is 1. The van der Waals surface area contributed by atoms with Crippen molar-refractivity contribution in [1.82, 2.24) is 15.1 Å². The van der Waals surface area contributed by atoms with Crippen LogP contribution in [0.25, 0.3) is 5.57 Å². The van der Waals surface area contributed by atoms with Crippen LogP contribution < -0.4 is 10.9 Å². The number of nitrogens with zero attached hydrogens (tertiary/aromatic N) is 3. The molecule has 2 aliphatic carbocycles. The SMILES string of the molecule is CC1CC(n2[nH]cc(C3=CCC(C#N)C=C3)c2=O)=NC=C1C(=O)NCC1CCC1. The average molecular weight is 391 g/mol. The molecule has 0 spiro atoms. The summed E-state index contributed by atoms with van der Waals surface area (Å²) in [7, 11) is 0. The van der Waals surface area contributed by atoms with Crippen molar-refractivity contribution in [1.29, 1.82) is 5.26 Å². The molecule has 29 heavy (non-hydrogen) atoms. The van der Waals surface area contributed by atoms with Gasteiger partial charge in [0, 0.05) is 30.9 Å². The summed E-state index contributed by atoms with van der Waals surface area (Å²) < 4.78 is 1.44. The Balaban J connectivity index is 1.49. The van der Waals surface area contributed by atoms with Crippen LogP contribution in [0, 0.1) is 29.1 Å². The highest BCUT2D eigenvalue weighted by molar-refractivity contribution is 5.97. The molecular weight excluding hydrogens is 366 g/mol. The Morgan fingerprint density at radius 2 is 2.28 bits per heavy atom. The smallest absolute Gasteiger partial charge is 0.280 e. The van der Waals surface area contributed by atoms with Gasteiger partial charge in [-0.15, -0.1) is 0 Å². The van der Waals surface area contributed by atoms with Gasteiger partial charge in [-0.1, -0.05) is 31.6 Å². The van der Waals surface area contributed by atoms with Crippen LogP contribution >= 0.6 is 0 Å². The lowest BCUT2D eigenvalue weighted by Gasteiger charge is -2.26. The molecule has 1 aliphatic heterocycles. The second-order valence-electron chi connectivity index (χ2n) is 8.06. The van der Waals surface area contributed by atoms with E-state index >= 15 is 0 Å². The maximum absolute atomic E-state index is 12.9. The minimum atomic E-state index is -0.173. The molecule has 2 atom stereocenters. The van der Waals surface area contributed by atoms with E-state index in [1.807, 2.05) is 25.2 Å². The summed E-state index contributed by atoms with van der Waals surface area (Å²) in [5.74, 6) is 0.992. The molecule has 1 aromatic heterocycles. The van der Waals surface area contributed by atoms with E-state index in [1.54, 1.807) is 12.4 Å². The van der Waals surface area contributed by atoms with E-state index in [-0.39, 0.29) is 23.3 Å². The van der Waals surface area contributed by atoms with Gasteiger partial charge in [0.05, 0.1) is 17.6 Å². The van der Waals surface area contributed by atoms with Crippen LogP contribution in [-0.2, 0) is 4.79 Å². The van der Waals surface area contributed by atoms with Crippen LogP contribution in [-0.4, -0.2) is 28.1 Å². The summed E-state index contributed by atoms with van der Waals surface area (Å²) >= 11 is 0. The van der Waals surface area contributed by atoms with Gasteiger partial charge in [-0.2, -0.15) is 5.26 Å². The van der Waals surface area contributed by atoms with Crippen molar-refractivity contribution in [3.8, 4) is 6.07 Å². The third kappa shape index (κ3) is 3.88. The number of nitriles is 1. The number of hydrogen-bond donors (Lipinski definition) is 2. The summed E-state index contributed by atoms with van der Waals surface area (Å²) in [6, 6.07) is 2.21. The number of hydrogen-bond acceptors (Lipinski definition) is 4. The number of amides is 1. The lowest BCUT2D eigenvalue weighted by molar-refractivity contribution is -0.118. The molecule has 0 saturated heterocycles. The molecule has 7 heteroatoms. The van der Waals surface area contributed by atoms with Gasteiger partial charge >= 0.3 is 0 Å². The fourth-order valence-electron chi connectivity index (χ4n) is 3.86. The minimum absolute atomic E-state index is 0.0206. The maximum Gasteiger partial charge on any atom is 0.280 e. The van der Waals surface area contributed by atoms with Crippen molar-refractivity contribution in [3.63, 3.8) is 0 Å². The first-order valence-corrected chi connectivity index (χ1v) is 10.2. The Morgan fingerprint density at radius 1 is 1.45 bits per heavy atom. The third-order valence-electron chi connectivity index (χ3n) is 6.02. The molecule has 1 amide bonds. The number of allylic oxidation sites excluding steroid dienone is 4. The second kappa shape index (κ2) is 8.08. The lowest BCUT2D eigenvalue weighted by Crippen LogP contribution is -2.36. The van der Waals surface area contributed by atoms with E-state index in [2.05, 4.69) is 21.5 Å². The Kier molecular flexibility index (Phi) is 5.34. The van der Waals surface area contributed by atoms with Gasteiger partial charge < -0.3 is 5.32 Å². The summed E-state index contributed by atoms with van der Waals surface area (Å²) in [5, 5.41) is 15.0. The third-order valence-corrected chi connectivity index (χ3v) is 6.02. The van der Waals surface area contributed by atoms with E-state index < -0.39 is 0 Å². The quantitative estimate of drug-likeness (QED) is 0.825. The number of aromatic nitrogens is 2. The van der Waals surface area contributed by atoms with Crippen molar-refractivity contribution in [2.24, 2.45) is 22.7 Å². The van der Waals surface area contributed by atoms with Crippen LogP contribution in [0.5, 0.6) is 0 Å². The number of nitrogens with one attached hydrogen (secondary N) is 2. The minimum Gasteiger partial charge on any atom is -0.352 e. The van der Waals surface area contributed by atoms with Crippen molar-refractivity contribution in [2.75, 3.05) is 6.54 Å². The highest BCUT2D eigenvalue weighted by Gasteiger charge is 2.26. The second-order valence-corrected chi connectivity index (χ2v) is 8.06. The topological polar surface area (TPSA) is 103 Å². The molecule has 2 unspecified atom stereocenters. The van der Waals surface area contributed by atoms with Crippen LogP contribution in [0.4, 0.5) is 0 Å².